The van der Waals surface area contributed by atoms with Crippen molar-refractivity contribution >= 4 is 30.2 Å². The number of rotatable bonds is 4. The Morgan fingerprint density at radius 2 is 2.38 bits per heavy atom. The molecule has 3 fully saturated rings. The number of imidazole rings is 1. The van der Waals surface area contributed by atoms with Crippen molar-refractivity contribution in [1.29, 1.82) is 0 Å². The summed E-state index contributed by atoms with van der Waals surface area (Å²) in [6.07, 6.45) is 4.86. The van der Waals surface area contributed by atoms with Crippen molar-refractivity contribution in [2.75, 3.05) is 25.0 Å². The number of fused-ring (bicyclic) bond motifs is 1. The van der Waals surface area contributed by atoms with Crippen LogP contribution in [0.4, 0.5) is 5.95 Å². The predicted molar refractivity (Wildman–Crippen MR) is 88.5 cm³/mol. The fraction of sp³-hybridized carbons (Fsp3) is 0.667. The first-order chi connectivity index (χ1) is 11.1. The molecule has 2 bridgehead atoms. The van der Waals surface area contributed by atoms with Gasteiger partial charge in [-0.3, -0.25) is 14.9 Å². The maximum atomic E-state index is 12.8. The topological polar surface area (TPSA) is 102 Å². The van der Waals surface area contributed by atoms with E-state index < -0.39 is 17.4 Å². The van der Waals surface area contributed by atoms with Crippen LogP contribution in [-0.2, 0) is 21.4 Å². The highest BCUT2D eigenvalue weighted by atomic mass is 35.5. The van der Waals surface area contributed by atoms with Crippen LogP contribution >= 0.6 is 12.4 Å². The highest BCUT2D eigenvalue weighted by molar-refractivity contribution is 5.97. The second-order valence-electron chi connectivity index (χ2n) is 6.66. The predicted octanol–water partition coefficient (Wildman–Crippen LogP) is -0.255. The molecular formula is C15H22ClN5O3. The van der Waals surface area contributed by atoms with E-state index in [9.17, 15) is 9.59 Å². The summed E-state index contributed by atoms with van der Waals surface area (Å²) in [6, 6.07) is 0. The molecule has 3 aliphatic heterocycles. The monoisotopic (exact) mass is 355 g/mol. The number of nitrogens with one attached hydrogen (secondary N) is 1. The first-order valence-corrected chi connectivity index (χ1v) is 8.00. The van der Waals surface area contributed by atoms with E-state index >= 15 is 0 Å². The molecule has 4 atom stereocenters. The van der Waals surface area contributed by atoms with Gasteiger partial charge in [0.25, 0.3) is 0 Å². The standard InChI is InChI=1S/C15H21N5O3.ClH/c1-19-7-5-17-14(19)18-12(21)10-9-2-3-15(23-9)8-20(6-4-16)13(22)11(10)15;/h5,7,9-11H,2-4,6,8,16H2,1H3,(H,17,18,21);1H/t9-,10-,11+,15-;/m0./s1. The molecule has 1 aromatic heterocycles. The van der Waals surface area contributed by atoms with Gasteiger partial charge in [-0.1, -0.05) is 0 Å². The molecule has 3 N–H and O–H groups in total. The fourth-order valence-corrected chi connectivity index (χ4v) is 4.37. The molecular weight excluding hydrogens is 334 g/mol. The molecule has 0 saturated carbocycles. The largest absolute Gasteiger partial charge is 0.368 e. The van der Waals surface area contributed by atoms with E-state index in [2.05, 4.69) is 10.3 Å². The second-order valence-corrected chi connectivity index (χ2v) is 6.66. The van der Waals surface area contributed by atoms with Gasteiger partial charge >= 0.3 is 0 Å². The molecule has 8 nitrogen and oxygen atoms in total. The number of amides is 2. The van der Waals surface area contributed by atoms with Gasteiger partial charge in [0.15, 0.2) is 0 Å². The number of aromatic nitrogens is 2. The quantitative estimate of drug-likeness (QED) is 0.775. The Morgan fingerprint density at radius 3 is 3.04 bits per heavy atom. The molecule has 2 amide bonds. The van der Waals surface area contributed by atoms with E-state index in [4.69, 9.17) is 10.5 Å². The number of nitrogens with zero attached hydrogens (tertiary/aromatic N) is 3. The van der Waals surface area contributed by atoms with Crippen molar-refractivity contribution in [3.8, 4) is 0 Å². The van der Waals surface area contributed by atoms with Crippen molar-refractivity contribution in [3.63, 3.8) is 0 Å². The summed E-state index contributed by atoms with van der Waals surface area (Å²) in [5.41, 5.74) is 5.09. The molecule has 0 aromatic carbocycles. The van der Waals surface area contributed by atoms with E-state index in [0.29, 0.717) is 25.6 Å². The SMILES string of the molecule is Cl.Cn1ccnc1NC(=O)[C@H]1[C@@H]2CC[C@@]3(CN(CCN)C(=O)[C@@H]13)O2. The van der Waals surface area contributed by atoms with Gasteiger partial charge in [0.1, 0.15) is 0 Å². The Bertz CT molecular complexity index is 665. The number of hydrogen-bond acceptors (Lipinski definition) is 5. The Labute approximate surface area is 146 Å². The molecule has 3 aliphatic rings. The Balaban J connectivity index is 0.00000169. The summed E-state index contributed by atoms with van der Waals surface area (Å²) in [6.45, 7) is 1.48. The lowest BCUT2D eigenvalue weighted by atomic mass is 9.73. The zero-order valence-corrected chi connectivity index (χ0v) is 14.3. The van der Waals surface area contributed by atoms with E-state index in [1.54, 1.807) is 21.9 Å². The summed E-state index contributed by atoms with van der Waals surface area (Å²) in [7, 11) is 1.81. The number of aryl methyl sites for hydroxylation is 1. The first kappa shape index (κ1) is 17.2. The molecule has 0 radical (unpaired) electrons. The lowest BCUT2D eigenvalue weighted by Crippen LogP contribution is -2.43. The molecule has 0 unspecified atom stereocenters. The van der Waals surface area contributed by atoms with E-state index in [-0.39, 0.29) is 30.3 Å². The smallest absolute Gasteiger partial charge is 0.233 e. The van der Waals surface area contributed by atoms with Crippen LogP contribution in [0.15, 0.2) is 12.4 Å². The molecule has 0 aliphatic carbocycles. The number of carbonyl (C=O) groups is 2. The number of nitrogens with two attached hydrogens (primary N) is 1. The molecule has 9 heteroatoms. The molecule has 1 aromatic rings. The van der Waals surface area contributed by atoms with Gasteiger partial charge in [-0.05, 0) is 12.8 Å². The van der Waals surface area contributed by atoms with Gasteiger partial charge in [0.05, 0.1) is 30.1 Å². The van der Waals surface area contributed by atoms with Crippen molar-refractivity contribution < 1.29 is 14.3 Å². The van der Waals surface area contributed by atoms with Crippen LogP contribution in [-0.4, -0.2) is 57.6 Å². The molecule has 4 heterocycles. The average Bonchev–Trinajstić information content (AvgIpc) is 3.24. The van der Waals surface area contributed by atoms with Crippen LogP contribution in [0.2, 0.25) is 0 Å². The normalized spacial score (nSPS) is 33.5. The maximum absolute atomic E-state index is 12.8. The minimum absolute atomic E-state index is 0. The molecule has 3 saturated heterocycles. The zero-order valence-electron chi connectivity index (χ0n) is 13.5. The Morgan fingerprint density at radius 1 is 1.58 bits per heavy atom. The van der Waals surface area contributed by atoms with Crippen molar-refractivity contribution in [2.45, 2.75) is 24.5 Å². The number of hydrogen-bond donors (Lipinski definition) is 2. The lowest BCUT2D eigenvalue weighted by Gasteiger charge is -2.26. The van der Waals surface area contributed by atoms with Crippen LogP contribution in [0, 0.1) is 11.8 Å². The van der Waals surface area contributed by atoms with Crippen molar-refractivity contribution in [1.82, 2.24) is 14.5 Å². The second kappa shape index (κ2) is 6.02. The van der Waals surface area contributed by atoms with Crippen LogP contribution in [0.25, 0.3) is 0 Å². The van der Waals surface area contributed by atoms with Gasteiger partial charge in [0, 0.05) is 32.5 Å². The fourth-order valence-electron chi connectivity index (χ4n) is 4.37. The number of ether oxygens (including phenoxy) is 1. The highest BCUT2D eigenvalue weighted by Crippen LogP contribution is 2.55. The third-order valence-corrected chi connectivity index (χ3v) is 5.36. The zero-order chi connectivity index (χ0) is 16.2. The first-order valence-electron chi connectivity index (χ1n) is 8.00. The summed E-state index contributed by atoms with van der Waals surface area (Å²) >= 11 is 0. The van der Waals surface area contributed by atoms with Gasteiger partial charge in [-0.2, -0.15) is 0 Å². The minimum atomic E-state index is -0.499. The number of anilines is 1. The number of halogens is 1. The summed E-state index contributed by atoms with van der Waals surface area (Å²) in [5.74, 6) is -0.545. The number of carbonyl (C=O) groups excluding carboxylic acids is 2. The van der Waals surface area contributed by atoms with Crippen LogP contribution in [0.1, 0.15) is 12.8 Å². The Hall–Kier alpha value is -1.64. The van der Waals surface area contributed by atoms with Gasteiger partial charge < -0.3 is 19.9 Å². The maximum Gasteiger partial charge on any atom is 0.233 e. The van der Waals surface area contributed by atoms with Gasteiger partial charge in [0.2, 0.25) is 17.8 Å². The van der Waals surface area contributed by atoms with Crippen molar-refractivity contribution in [3.05, 3.63) is 12.4 Å². The highest BCUT2D eigenvalue weighted by Gasteiger charge is 2.68. The summed E-state index contributed by atoms with van der Waals surface area (Å²) < 4.78 is 7.86. The van der Waals surface area contributed by atoms with E-state index in [1.165, 1.54) is 0 Å². The molecule has 1 spiro atoms. The van der Waals surface area contributed by atoms with E-state index in [1.807, 2.05) is 7.05 Å². The van der Waals surface area contributed by atoms with Crippen LogP contribution in [0.5, 0.6) is 0 Å². The van der Waals surface area contributed by atoms with Gasteiger partial charge in [-0.15, -0.1) is 12.4 Å². The average molecular weight is 356 g/mol. The van der Waals surface area contributed by atoms with Crippen molar-refractivity contribution in [2.24, 2.45) is 24.6 Å². The summed E-state index contributed by atoms with van der Waals surface area (Å²) in [4.78, 5) is 31.4. The molecule has 132 valence electrons. The lowest BCUT2D eigenvalue weighted by molar-refractivity contribution is -0.136. The van der Waals surface area contributed by atoms with Gasteiger partial charge in [-0.25, -0.2) is 4.98 Å². The number of likely N-dealkylation sites (tertiary alicyclic amines) is 1. The molecule has 24 heavy (non-hydrogen) atoms. The molecule has 4 rings (SSSR count). The van der Waals surface area contributed by atoms with Crippen LogP contribution in [0.3, 0.4) is 0 Å². The van der Waals surface area contributed by atoms with E-state index in [0.717, 1.165) is 12.8 Å². The Kier molecular flexibility index (Phi) is 4.31. The minimum Gasteiger partial charge on any atom is -0.368 e. The van der Waals surface area contributed by atoms with Crippen LogP contribution < -0.4 is 11.1 Å². The third-order valence-electron chi connectivity index (χ3n) is 5.36. The summed E-state index contributed by atoms with van der Waals surface area (Å²) in [5, 5.41) is 2.83. The third kappa shape index (κ3) is 2.32.